The average Bonchev–Trinajstić information content (AvgIpc) is 2.35. The number of hydrogen-bond acceptors (Lipinski definition) is 2. The van der Waals surface area contributed by atoms with Crippen molar-refractivity contribution in [2.45, 2.75) is 39.3 Å². The number of likely N-dealkylation sites (N-methyl/N-ethyl adjacent to an activating group) is 1. The first-order chi connectivity index (χ1) is 8.77. The van der Waals surface area contributed by atoms with E-state index < -0.39 is 23.3 Å². The van der Waals surface area contributed by atoms with Crippen molar-refractivity contribution in [2.24, 2.45) is 0 Å². The Morgan fingerprint density at radius 2 is 1.79 bits per heavy atom. The molecule has 0 radical (unpaired) electrons. The van der Waals surface area contributed by atoms with Gasteiger partial charge < -0.3 is 5.11 Å². The highest BCUT2D eigenvalue weighted by atomic mass is 79.9. The van der Waals surface area contributed by atoms with E-state index in [1.54, 1.807) is 13.8 Å². The molecule has 2 nitrogen and oxygen atoms in total. The van der Waals surface area contributed by atoms with E-state index in [9.17, 15) is 13.9 Å². The predicted molar refractivity (Wildman–Crippen MR) is 76.0 cm³/mol. The van der Waals surface area contributed by atoms with Crippen molar-refractivity contribution in [1.82, 2.24) is 4.90 Å². The van der Waals surface area contributed by atoms with Gasteiger partial charge in [0.1, 0.15) is 17.7 Å². The number of aliphatic hydroxyl groups excluding tert-OH is 1. The van der Waals surface area contributed by atoms with E-state index in [1.807, 2.05) is 18.7 Å². The van der Waals surface area contributed by atoms with E-state index in [0.29, 0.717) is 13.1 Å². The van der Waals surface area contributed by atoms with Crippen LogP contribution in [0.25, 0.3) is 0 Å². The van der Waals surface area contributed by atoms with Crippen LogP contribution in [0.2, 0.25) is 0 Å². The first-order valence-corrected chi connectivity index (χ1v) is 7.13. The third-order valence-electron chi connectivity index (χ3n) is 3.60. The molecule has 0 amide bonds. The van der Waals surface area contributed by atoms with Gasteiger partial charge in [0.15, 0.2) is 0 Å². The van der Waals surface area contributed by atoms with Gasteiger partial charge in [0.2, 0.25) is 0 Å². The van der Waals surface area contributed by atoms with E-state index in [-0.39, 0.29) is 10.0 Å². The Labute approximate surface area is 121 Å². The Morgan fingerprint density at radius 3 is 2.26 bits per heavy atom. The Balaban J connectivity index is 3.26. The van der Waals surface area contributed by atoms with Gasteiger partial charge in [0, 0.05) is 5.54 Å². The van der Waals surface area contributed by atoms with Crippen molar-refractivity contribution in [2.75, 3.05) is 13.1 Å². The van der Waals surface area contributed by atoms with Gasteiger partial charge in [-0.05, 0) is 55.0 Å². The largest absolute Gasteiger partial charge is 0.386 e. The summed E-state index contributed by atoms with van der Waals surface area (Å²) in [7, 11) is 0. The highest BCUT2D eigenvalue weighted by Gasteiger charge is 2.37. The summed E-state index contributed by atoms with van der Waals surface area (Å²) in [5.74, 6) is -1.47. The van der Waals surface area contributed by atoms with Crippen LogP contribution in [0.5, 0.6) is 0 Å². The smallest absolute Gasteiger partial charge is 0.146 e. The van der Waals surface area contributed by atoms with Gasteiger partial charge in [-0.3, -0.25) is 4.90 Å². The summed E-state index contributed by atoms with van der Waals surface area (Å²) in [5.41, 5.74) is -1.04. The second kappa shape index (κ2) is 6.29. The monoisotopic (exact) mass is 335 g/mol. The molecule has 1 rings (SSSR count). The third-order valence-corrected chi connectivity index (χ3v) is 4.21. The maximum Gasteiger partial charge on any atom is 0.146 e. The molecule has 1 atom stereocenters. The molecule has 1 unspecified atom stereocenters. The lowest BCUT2D eigenvalue weighted by molar-refractivity contribution is -0.0102. The van der Waals surface area contributed by atoms with Gasteiger partial charge in [0.25, 0.3) is 0 Å². The summed E-state index contributed by atoms with van der Waals surface area (Å²) in [6.07, 6.45) is -1.25. The normalized spacial score (nSPS) is 13.9. The lowest BCUT2D eigenvalue weighted by Crippen LogP contribution is -2.48. The number of aliphatic hydroxyl groups is 1. The lowest BCUT2D eigenvalue weighted by Gasteiger charge is -2.41. The summed E-state index contributed by atoms with van der Waals surface area (Å²) in [4.78, 5) is 1.97. The van der Waals surface area contributed by atoms with Gasteiger partial charge in [-0.1, -0.05) is 13.8 Å². The number of hydrogen-bond donors (Lipinski definition) is 1. The molecule has 0 heterocycles. The first-order valence-electron chi connectivity index (χ1n) is 6.33. The molecule has 0 spiro atoms. The Kier molecular flexibility index (Phi) is 5.47. The summed E-state index contributed by atoms with van der Waals surface area (Å²) in [6.45, 7) is 8.85. The summed E-state index contributed by atoms with van der Waals surface area (Å²) < 4.78 is 28.0. The highest BCUT2D eigenvalue weighted by molar-refractivity contribution is 9.10. The van der Waals surface area contributed by atoms with Gasteiger partial charge in [0.05, 0.1) is 10.0 Å². The van der Waals surface area contributed by atoms with Crippen molar-refractivity contribution in [3.8, 4) is 0 Å². The molecule has 0 aliphatic carbocycles. The van der Waals surface area contributed by atoms with Crippen LogP contribution in [0.15, 0.2) is 16.6 Å². The van der Waals surface area contributed by atoms with Crippen LogP contribution < -0.4 is 0 Å². The zero-order valence-corrected chi connectivity index (χ0v) is 13.3. The van der Waals surface area contributed by atoms with Gasteiger partial charge in [-0.2, -0.15) is 0 Å². The predicted octanol–water partition coefficient (Wildman–Crippen LogP) is 3.88. The minimum atomic E-state index is -1.25. The molecule has 5 heteroatoms. The first kappa shape index (κ1) is 16.5. The fourth-order valence-corrected chi connectivity index (χ4v) is 2.70. The van der Waals surface area contributed by atoms with Crippen LogP contribution in [0.1, 0.15) is 39.4 Å². The summed E-state index contributed by atoms with van der Waals surface area (Å²) >= 11 is 3.02. The minimum Gasteiger partial charge on any atom is -0.386 e. The molecule has 0 aromatic heterocycles. The van der Waals surface area contributed by atoms with Gasteiger partial charge >= 0.3 is 0 Å². The van der Waals surface area contributed by atoms with Crippen LogP contribution in [0, 0.1) is 11.6 Å². The third kappa shape index (κ3) is 3.15. The Bertz CT molecular complexity index is 447. The number of rotatable bonds is 5. The molecular formula is C14H20BrF2NO. The number of halogens is 3. The van der Waals surface area contributed by atoms with E-state index in [4.69, 9.17) is 0 Å². The number of nitrogens with zero attached hydrogens (tertiary/aromatic N) is 1. The van der Waals surface area contributed by atoms with Gasteiger partial charge in [-0.15, -0.1) is 0 Å². The Morgan fingerprint density at radius 1 is 1.26 bits per heavy atom. The topological polar surface area (TPSA) is 23.5 Å². The fraction of sp³-hybridized carbons (Fsp3) is 0.571. The van der Waals surface area contributed by atoms with Crippen molar-refractivity contribution in [1.29, 1.82) is 0 Å². The van der Waals surface area contributed by atoms with Crippen molar-refractivity contribution in [3.63, 3.8) is 0 Å². The second-order valence-electron chi connectivity index (χ2n) is 4.99. The maximum atomic E-state index is 14.0. The zero-order chi connectivity index (χ0) is 14.8. The molecule has 108 valence electrons. The molecule has 0 bridgehead atoms. The van der Waals surface area contributed by atoms with Crippen molar-refractivity contribution < 1.29 is 13.9 Å². The van der Waals surface area contributed by atoms with Crippen LogP contribution in [-0.4, -0.2) is 28.6 Å². The molecule has 0 saturated heterocycles. The Hall–Kier alpha value is -0.520. The van der Waals surface area contributed by atoms with Crippen LogP contribution >= 0.6 is 15.9 Å². The van der Waals surface area contributed by atoms with Crippen molar-refractivity contribution in [3.05, 3.63) is 33.8 Å². The molecule has 1 aromatic carbocycles. The molecule has 19 heavy (non-hydrogen) atoms. The van der Waals surface area contributed by atoms with E-state index >= 15 is 0 Å². The molecule has 0 fully saturated rings. The average molecular weight is 336 g/mol. The molecular weight excluding hydrogens is 316 g/mol. The summed E-state index contributed by atoms with van der Waals surface area (Å²) in [6, 6.07) is 2.45. The molecule has 0 aliphatic heterocycles. The molecule has 0 saturated carbocycles. The minimum absolute atomic E-state index is 0.151. The standard InChI is InChI=1S/C14H20BrF2NO/c1-5-18(6-2)14(3,4)13(19)11-10(16)8-7-9(15)12(11)17/h7-8,13,19H,5-6H2,1-4H3. The maximum absolute atomic E-state index is 14.0. The summed E-state index contributed by atoms with van der Waals surface area (Å²) in [5, 5.41) is 10.4. The van der Waals surface area contributed by atoms with E-state index in [1.165, 1.54) is 6.07 Å². The highest BCUT2D eigenvalue weighted by Crippen LogP contribution is 2.35. The number of benzene rings is 1. The fourth-order valence-electron chi connectivity index (χ4n) is 2.36. The molecule has 1 aromatic rings. The van der Waals surface area contributed by atoms with Gasteiger partial charge in [-0.25, -0.2) is 8.78 Å². The van der Waals surface area contributed by atoms with Crippen LogP contribution in [0.4, 0.5) is 8.78 Å². The SMILES string of the molecule is CCN(CC)C(C)(C)C(O)c1c(F)ccc(Br)c1F. The van der Waals surface area contributed by atoms with Crippen LogP contribution in [-0.2, 0) is 0 Å². The zero-order valence-electron chi connectivity index (χ0n) is 11.7. The molecule has 1 N–H and O–H groups in total. The molecule has 0 aliphatic rings. The lowest BCUT2D eigenvalue weighted by atomic mass is 9.88. The second-order valence-corrected chi connectivity index (χ2v) is 5.84. The van der Waals surface area contributed by atoms with E-state index in [2.05, 4.69) is 15.9 Å². The van der Waals surface area contributed by atoms with E-state index in [0.717, 1.165) is 6.07 Å². The quantitative estimate of drug-likeness (QED) is 0.825. The van der Waals surface area contributed by atoms with Crippen molar-refractivity contribution >= 4 is 15.9 Å². The van der Waals surface area contributed by atoms with Crippen LogP contribution in [0.3, 0.4) is 0 Å².